The van der Waals surface area contributed by atoms with Crippen molar-refractivity contribution in [2.24, 2.45) is 0 Å². The van der Waals surface area contributed by atoms with Gasteiger partial charge in [0, 0.05) is 5.56 Å². The van der Waals surface area contributed by atoms with Crippen LogP contribution in [0.15, 0.2) is 36.4 Å². The second-order valence-electron chi connectivity index (χ2n) is 4.72. The smallest absolute Gasteiger partial charge is 0.204 e. The quantitative estimate of drug-likeness (QED) is 0.781. The third-order valence-corrected chi connectivity index (χ3v) is 3.80. The van der Waals surface area contributed by atoms with Gasteiger partial charge >= 0.3 is 0 Å². The summed E-state index contributed by atoms with van der Waals surface area (Å²) >= 11 is 12.5. The summed E-state index contributed by atoms with van der Waals surface area (Å²) in [5.74, 6) is 0.869. The Kier molecular flexibility index (Phi) is 4.27. The van der Waals surface area contributed by atoms with Gasteiger partial charge in [-0.05, 0) is 35.4 Å². The molecule has 1 aromatic heterocycles. The molecule has 1 heterocycles. The highest BCUT2D eigenvalue weighted by Crippen LogP contribution is 2.37. The number of hydrogen-bond donors (Lipinski definition) is 1. The Morgan fingerprint density at radius 2 is 1.86 bits per heavy atom. The zero-order valence-corrected chi connectivity index (χ0v) is 13.2. The SMILES string of the molecule is Cc1ccccc1COc1c(Cl)cc(-c2nn[nH]n2)cc1Cl. The van der Waals surface area contributed by atoms with E-state index >= 15 is 0 Å². The Morgan fingerprint density at radius 3 is 2.50 bits per heavy atom. The minimum atomic E-state index is 0.396. The fraction of sp³-hybridized carbons (Fsp3) is 0.133. The van der Waals surface area contributed by atoms with Crippen LogP contribution in [0.1, 0.15) is 11.1 Å². The van der Waals surface area contributed by atoms with Crippen LogP contribution < -0.4 is 4.74 Å². The molecule has 7 heteroatoms. The van der Waals surface area contributed by atoms with E-state index in [4.69, 9.17) is 27.9 Å². The Morgan fingerprint density at radius 1 is 1.14 bits per heavy atom. The van der Waals surface area contributed by atoms with Crippen LogP contribution in [0.4, 0.5) is 0 Å². The van der Waals surface area contributed by atoms with Crippen LogP contribution in [-0.4, -0.2) is 20.6 Å². The lowest BCUT2D eigenvalue weighted by molar-refractivity contribution is 0.306. The Labute approximate surface area is 137 Å². The molecular formula is C15H12Cl2N4O. The first-order chi connectivity index (χ1) is 10.6. The standard InChI is InChI=1S/C15H12Cl2N4O/c1-9-4-2-3-5-10(9)8-22-14-12(16)6-11(7-13(14)17)15-18-20-21-19-15/h2-7H,8H2,1H3,(H,18,19,20,21). The van der Waals surface area contributed by atoms with Crippen LogP contribution >= 0.6 is 23.2 Å². The molecule has 3 aromatic rings. The summed E-state index contributed by atoms with van der Waals surface area (Å²) in [7, 11) is 0. The first kappa shape index (κ1) is 14.8. The van der Waals surface area contributed by atoms with E-state index < -0.39 is 0 Å². The molecule has 0 amide bonds. The molecule has 0 bridgehead atoms. The molecule has 1 N–H and O–H groups in total. The molecule has 0 saturated heterocycles. The van der Waals surface area contributed by atoms with Crippen molar-refractivity contribution in [2.75, 3.05) is 0 Å². The number of halogens is 2. The van der Waals surface area contributed by atoms with E-state index in [2.05, 4.69) is 20.6 Å². The topological polar surface area (TPSA) is 63.7 Å². The average Bonchev–Trinajstić information content (AvgIpc) is 3.02. The number of nitrogens with one attached hydrogen (secondary N) is 1. The molecular weight excluding hydrogens is 323 g/mol. The van der Waals surface area contributed by atoms with Crippen molar-refractivity contribution in [2.45, 2.75) is 13.5 Å². The van der Waals surface area contributed by atoms with E-state index in [1.54, 1.807) is 12.1 Å². The molecule has 0 fully saturated rings. The van der Waals surface area contributed by atoms with Gasteiger partial charge in [0.25, 0.3) is 0 Å². The first-order valence-electron chi connectivity index (χ1n) is 6.55. The van der Waals surface area contributed by atoms with Crippen LogP contribution in [0, 0.1) is 6.92 Å². The van der Waals surface area contributed by atoms with E-state index in [9.17, 15) is 0 Å². The number of hydrogen-bond acceptors (Lipinski definition) is 4. The number of ether oxygens (including phenoxy) is 1. The third kappa shape index (κ3) is 3.05. The van der Waals surface area contributed by atoms with Gasteiger partial charge < -0.3 is 4.74 Å². The normalized spacial score (nSPS) is 10.7. The van der Waals surface area contributed by atoms with Crippen molar-refractivity contribution in [3.63, 3.8) is 0 Å². The van der Waals surface area contributed by atoms with Crippen LogP contribution in [0.3, 0.4) is 0 Å². The van der Waals surface area contributed by atoms with Crippen molar-refractivity contribution >= 4 is 23.2 Å². The number of nitrogens with zero attached hydrogens (tertiary/aromatic N) is 3. The molecule has 5 nitrogen and oxygen atoms in total. The predicted molar refractivity (Wildman–Crippen MR) is 85.1 cm³/mol. The Bertz CT molecular complexity index is 767. The van der Waals surface area contributed by atoms with E-state index in [0.29, 0.717) is 33.8 Å². The van der Waals surface area contributed by atoms with Crippen LogP contribution in [0.2, 0.25) is 10.0 Å². The molecule has 0 radical (unpaired) electrons. The highest BCUT2D eigenvalue weighted by Gasteiger charge is 2.13. The first-order valence-corrected chi connectivity index (χ1v) is 7.31. The summed E-state index contributed by atoms with van der Waals surface area (Å²) in [6, 6.07) is 11.4. The van der Waals surface area contributed by atoms with E-state index in [0.717, 1.165) is 11.1 Å². The van der Waals surface area contributed by atoms with Gasteiger partial charge in [0.2, 0.25) is 5.82 Å². The summed E-state index contributed by atoms with van der Waals surface area (Å²) in [5.41, 5.74) is 2.90. The minimum absolute atomic E-state index is 0.396. The zero-order valence-electron chi connectivity index (χ0n) is 11.7. The molecule has 0 atom stereocenters. The highest BCUT2D eigenvalue weighted by atomic mass is 35.5. The van der Waals surface area contributed by atoms with Gasteiger partial charge in [0.05, 0.1) is 10.0 Å². The van der Waals surface area contributed by atoms with Crippen LogP contribution in [0.5, 0.6) is 5.75 Å². The maximum Gasteiger partial charge on any atom is 0.204 e. The molecule has 0 aliphatic rings. The summed E-state index contributed by atoms with van der Waals surface area (Å²) in [6.07, 6.45) is 0. The van der Waals surface area contributed by atoms with Crippen molar-refractivity contribution in [3.8, 4) is 17.1 Å². The zero-order chi connectivity index (χ0) is 15.5. The number of H-pyrrole nitrogens is 1. The van der Waals surface area contributed by atoms with Crippen LogP contribution in [0.25, 0.3) is 11.4 Å². The number of aromatic nitrogens is 4. The number of benzene rings is 2. The Balaban J connectivity index is 1.84. The molecule has 0 aliphatic carbocycles. The minimum Gasteiger partial charge on any atom is -0.486 e. The van der Waals surface area contributed by atoms with E-state index in [1.807, 2.05) is 31.2 Å². The molecule has 0 spiro atoms. The van der Waals surface area contributed by atoms with E-state index in [1.165, 1.54) is 0 Å². The van der Waals surface area contributed by atoms with Crippen molar-refractivity contribution in [1.82, 2.24) is 20.6 Å². The second-order valence-corrected chi connectivity index (χ2v) is 5.53. The van der Waals surface area contributed by atoms with Gasteiger partial charge in [0.15, 0.2) is 5.75 Å². The van der Waals surface area contributed by atoms with Crippen molar-refractivity contribution in [3.05, 3.63) is 57.6 Å². The molecule has 2 aromatic carbocycles. The highest BCUT2D eigenvalue weighted by molar-refractivity contribution is 6.37. The number of aromatic amines is 1. The predicted octanol–water partition coefficient (Wildman–Crippen LogP) is 4.06. The molecule has 0 aliphatic heterocycles. The van der Waals surface area contributed by atoms with Gasteiger partial charge in [-0.2, -0.15) is 5.21 Å². The number of aryl methyl sites for hydroxylation is 1. The molecule has 0 unspecified atom stereocenters. The summed E-state index contributed by atoms with van der Waals surface area (Å²) in [6.45, 7) is 2.43. The molecule has 22 heavy (non-hydrogen) atoms. The van der Waals surface area contributed by atoms with Gasteiger partial charge in [0.1, 0.15) is 6.61 Å². The number of rotatable bonds is 4. The lowest BCUT2D eigenvalue weighted by Gasteiger charge is -2.12. The van der Waals surface area contributed by atoms with Crippen LogP contribution in [-0.2, 0) is 6.61 Å². The fourth-order valence-corrected chi connectivity index (χ4v) is 2.63. The van der Waals surface area contributed by atoms with Gasteiger partial charge in [-0.15, -0.1) is 10.2 Å². The summed E-state index contributed by atoms with van der Waals surface area (Å²) < 4.78 is 5.78. The lowest BCUT2D eigenvalue weighted by Crippen LogP contribution is -1.99. The van der Waals surface area contributed by atoms with Crippen molar-refractivity contribution < 1.29 is 4.74 Å². The van der Waals surface area contributed by atoms with Crippen molar-refractivity contribution in [1.29, 1.82) is 0 Å². The largest absolute Gasteiger partial charge is 0.486 e. The summed E-state index contributed by atoms with van der Waals surface area (Å²) in [4.78, 5) is 0. The fourth-order valence-electron chi connectivity index (χ4n) is 2.03. The van der Waals surface area contributed by atoms with Gasteiger partial charge in [-0.25, -0.2) is 0 Å². The second kappa shape index (κ2) is 6.34. The van der Waals surface area contributed by atoms with Gasteiger partial charge in [-0.1, -0.05) is 47.5 Å². The van der Waals surface area contributed by atoms with Gasteiger partial charge in [-0.3, -0.25) is 0 Å². The lowest BCUT2D eigenvalue weighted by atomic mass is 10.1. The maximum absolute atomic E-state index is 6.26. The third-order valence-electron chi connectivity index (χ3n) is 3.24. The summed E-state index contributed by atoms with van der Waals surface area (Å²) in [5, 5.41) is 14.5. The molecule has 112 valence electrons. The molecule has 3 rings (SSSR count). The maximum atomic E-state index is 6.26. The average molecular weight is 335 g/mol. The Hall–Kier alpha value is -2.11. The molecule has 0 saturated carbocycles. The van der Waals surface area contributed by atoms with E-state index in [-0.39, 0.29) is 0 Å². The number of tetrazole rings is 1. The monoisotopic (exact) mass is 334 g/mol.